The molecule has 0 N–H and O–H groups in total. The molecule has 3 heterocycles. The highest BCUT2D eigenvalue weighted by Gasteiger charge is 2.19. The monoisotopic (exact) mass is 738 g/mol. The van der Waals surface area contributed by atoms with E-state index in [1.807, 2.05) is 18.2 Å². The number of benzene rings is 9. The van der Waals surface area contributed by atoms with E-state index in [1.165, 1.54) is 54.4 Å². The molecule has 0 aliphatic carbocycles. The van der Waals surface area contributed by atoms with E-state index in [2.05, 4.69) is 197 Å². The van der Waals surface area contributed by atoms with E-state index in [0.29, 0.717) is 5.82 Å². The molecule has 9 aromatic carbocycles. The van der Waals surface area contributed by atoms with Crippen LogP contribution in [0.5, 0.6) is 0 Å². The first-order valence-corrected chi connectivity index (χ1v) is 19.7. The van der Waals surface area contributed by atoms with Crippen LogP contribution in [0, 0.1) is 0 Å². The van der Waals surface area contributed by atoms with Crippen molar-refractivity contribution in [3.05, 3.63) is 206 Å². The van der Waals surface area contributed by atoms with Gasteiger partial charge >= 0.3 is 0 Å². The number of para-hydroxylation sites is 3. The zero-order valence-electron chi connectivity index (χ0n) is 31.4. The van der Waals surface area contributed by atoms with Crippen molar-refractivity contribution in [1.29, 1.82) is 0 Å². The van der Waals surface area contributed by atoms with Crippen molar-refractivity contribution in [3.8, 4) is 45.1 Å². The Morgan fingerprint density at radius 3 is 1.74 bits per heavy atom. The Hall–Kier alpha value is -7.82. The predicted molar refractivity (Wildman–Crippen MR) is 242 cm³/mol. The van der Waals surface area contributed by atoms with Gasteiger partial charge in [0.2, 0.25) is 0 Å². The zero-order valence-corrected chi connectivity index (χ0v) is 31.4. The lowest BCUT2D eigenvalue weighted by molar-refractivity contribution is 1.18. The number of hydrogen-bond acceptors (Lipinski definition) is 2. The highest BCUT2D eigenvalue weighted by Crippen LogP contribution is 2.40. The van der Waals surface area contributed by atoms with Crippen LogP contribution in [0.3, 0.4) is 0 Å². The Bertz CT molecular complexity index is 3560. The van der Waals surface area contributed by atoms with Gasteiger partial charge in [0.15, 0.2) is 5.82 Å². The van der Waals surface area contributed by atoms with Gasteiger partial charge in [0.05, 0.1) is 33.3 Å². The first-order valence-electron chi connectivity index (χ1n) is 19.7. The molecule has 0 atom stereocenters. The molecule has 0 bridgehead atoms. The van der Waals surface area contributed by atoms with Gasteiger partial charge in [-0.25, -0.2) is 9.97 Å². The molecular formula is C54H34N4. The molecule has 0 amide bonds. The van der Waals surface area contributed by atoms with Gasteiger partial charge in [0.1, 0.15) is 0 Å². The summed E-state index contributed by atoms with van der Waals surface area (Å²) in [7, 11) is 0. The molecule has 0 saturated heterocycles. The predicted octanol–water partition coefficient (Wildman–Crippen LogP) is 14.0. The van der Waals surface area contributed by atoms with Crippen LogP contribution >= 0.6 is 0 Å². The Kier molecular flexibility index (Phi) is 7.20. The fourth-order valence-corrected chi connectivity index (χ4v) is 9.04. The second kappa shape index (κ2) is 12.9. The van der Waals surface area contributed by atoms with E-state index >= 15 is 0 Å². The average molecular weight is 739 g/mol. The maximum atomic E-state index is 5.38. The zero-order chi connectivity index (χ0) is 38.2. The SMILES string of the molecule is c1ccc(-c2nc(-c3cccc(-n4c5ccccc5c5ccc6ccccc6c54)c3)c3cc(-c4ccc5c6ccccc6n(-c6ccccc6)c5c4)ccc3n2)cc1. The molecule has 0 saturated carbocycles. The van der Waals surface area contributed by atoms with Gasteiger partial charge in [-0.15, -0.1) is 0 Å². The van der Waals surface area contributed by atoms with Crippen molar-refractivity contribution < 1.29 is 0 Å². The van der Waals surface area contributed by atoms with Crippen LogP contribution in [0.2, 0.25) is 0 Å². The van der Waals surface area contributed by atoms with Gasteiger partial charge in [-0.05, 0) is 71.1 Å². The van der Waals surface area contributed by atoms with E-state index < -0.39 is 0 Å². The lowest BCUT2D eigenvalue weighted by Crippen LogP contribution is -1.98. The molecule has 0 aliphatic rings. The topological polar surface area (TPSA) is 35.6 Å². The highest BCUT2D eigenvalue weighted by atomic mass is 15.0. The fourth-order valence-electron chi connectivity index (χ4n) is 9.04. The summed E-state index contributed by atoms with van der Waals surface area (Å²) in [5.74, 6) is 0.706. The highest BCUT2D eigenvalue weighted by molar-refractivity contribution is 6.18. The van der Waals surface area contributed by atoms with E-state index in [-0.39, 0.29) is 0 Å². The van der Waals surface area contributed by atoms with E-state index in [4.69, 9.17) is 9.97 Å². The summed E-state index contributed by atoms with van der Waals surface area (Å²) in [6.07, 6.45) is 0. The summed E-state index contributed by atoms with van der Waals surface area (Å²) in [4.78, 5) is 10.5. The van der Waals surface area contributed by atoms with Gasteiger partial charge in [0.25, 0.3) is 0 Å². The lowest BCUT2D eigenvalue weighted by atomic mass is 9.98. The van der Waals surface area contributed by atoms with Gasteiger partial charge in [-0.3, -0.25) is 0 Å². The third-order valence-corrected chi connectivity index (χ3v) is 11.7. The maximum absolute atomic E-state index is 5.38. The van der Waals surface area contributed by atoms with Gasteiger partial charge in [-0.2, -0.15) is 0 Å². The second-order valence-electron chi connectivity index (χ2n) is 15.0. The van der Waals surface area contributed by atoms with Gasteiger partial charge in [-0.1, -0.05) is 152 Å². The van der Waals surface area contributed by atoms with Crippen molar-refractivity contribution in [1.82, 2.24) is 19.1 Å². The number of hydrogen-bond donors (Lipinski definition) is 0. The Morgan fingerprint density at radius 1 is 0.310 bits per heavy atom. The van der Waals surface area contributed by atoms with Crippen LogP contribution in [0.4, 0.5) is 0 Å². The van der Waals surface area contributed by atoms with Crippen molar-refractivity contribution in [2.24, 2.45) is 0 Å². The largest absolute Gasteiger partial charge is 0.309 e. The van der Waals surface area contributed by atoms with Crippen LogP contribution in [0.15, 0.2) is 206 Å². The smallest absolute Gasteiger partial charge is 0.160 e. The van der Waals surface area contributed by atoms with E-state index in [0.717, 1.165) is 50.2 Å². The molecule has 3 aromatic heterocycles. The number of rotatable bonds is 5. The molecular weight excluding hydrogens is 705 g/mol. The third-order valence-electron chi connectivity index (χ3n) is 11.7. The maximum Gasteiger partial charge on any atom is 0.160 e. The quantitative estimate of drug-likeness (QED) is 0.176. The van der Waals surface area contributed by atoms with E-state index in [9.17, 15) is 0 Å². The minimum Gasteiger partial charge on any atom is -0.309 e. The van der Waals surface area contributed by atoms with Crippen LogP contribution in [-0.4, -0.2) is 19.1 Å². The standard InChI is InChI=1S/C54H34N4/c1-3-15-36(16-4-1)54-55-48-31-28-37(38-27-29-45-43-22-9-11-24-49(43)57(51(45)34-38)40-18-5-2-6-19-40)33-47(48)52(56-54)39-17-13-20-41(32-39)58-50-25-12-10-23-44(50)46-30-26-35-14-7-8-21-42(35)53(46)58/h1-34H. The molecule has 12 rings (SSSR count). The molecule has 4 heteroatoms. The lowest BCUT2D eigenvalue weighted by Gasteiger charge is -2.14. The van der Waals surface area contributed by atoms with Crippen LogP contribution < -0.4 is 0 Å². The summed E-state index contributed by atoms with van der Waals surface area (Å²) in [5, 5.41) is 8.41. The summed E-state index contributed by atoms with van der Waals surface area (Å²) in [6.45, 7) is 0. The second-order valence-corrected chi connectivity index (χ2v) is 15.0. The molecule has 4 nitrogen and oxygen atoms in total. The minimum atomic E-state index is 0.706. The van der Waals surface area contributed by atoms with Gasteiger partial charge < -0.3 is 9.13 Å². The minimum absolute atomic E-state index is 0.706. The molecule has 270 valence electrons. The number of aromatic nitrogens is 4. The molecule has 0 fully saturated rings. The van der Waals surface area contributed by atoms with E-state index in [1.54, 1.807) is 0 Å². The Morgan fingerprint density at radius 2 is 0.914 bits per heavy atom. The third kappa shape index (κ3) is 5.02. The summed E-state index contributed by atoms with van der Waals surface area (Å²) in [5.41, 5.74) is 13.1. The first kappa shape index (κ1) is 32.4. The average Bonchev–Trinajstić information content (AvgIpc) is 3.82. The summed E-state index contributed by atoms with van der Waals surface area (Å²) in [6, 6.07) is 73.8. The Labute approximate surface area is 334 Å². The summed E-state index contributed by atoms with van der Waals surface area (Å²) < 4.78 is 4.80. The van der Waals surface area contributed by atoms with Crippen molar-refractivity contribution in [3.63, 3.8) is 0 Å². The molecule has 0 aliphatic heterocycles. The van der Waals surface area contributed by atoms with Gasteiger partial charge in [0, 0.05) is 54.8 Å². The normalized spacial score (nSPS) is 11.8. The first-order chi connectivity index (χ1) is 28.8. The van der Waals surface area contributed by atoms with Crippen molar-refractivity contribution in [2.75, 3.05) is 0 Å². The number of nitrogens with zero attached hydrogens (tertiary/aromatic N) is 4. The fraction of sp³-hybridized carbons (Fsp3) is 0. The van der Waals surface area contributed by atoms with Crippen LogP contribution in [-0.2, 0) is 0 Å². The molecule has 58 heavy (non-hydrogen) atoms. The molecule has 0 radical (unpaired) electrons. The summed E-state index contributed by atoms with van der Waals surface area (Å²) >= 11 is 0. The van der Waals surface area contributed by atoms with Crippen LogP contribution in [0.25, 0.3) is 110 Å². The van der Waals surface area contributed by atoms with Crippen molar-refractivity contribution in [2.45, 2.75) is 0 Å². The Balaban J connectivity index is 1.08. The van der Waals surface area contributed by atoms with Crippen LogP contribution in [0.1, 0.15) is 0 Å². The molecule has 12 aromatic rings. The molecule has 0 spiro atoms. The van der Waals surface area contributed by atoms with Crippen molar-refractivity contribution >= 4 is 65.3 Å². The molecule has 0 unspecified atom stereocenters. The number of fused-ring (bicyclic) bond motifs is 9.